The number of aromatic nitrogens is 3. The maximum absolute atomic E-state index is 12.0. The first-order valence-electron chi connectivity index (χ1n) is 6.12. The lowest BCUT2D eigenvalue weighted by molar-refractivity contribution is 0.434. The Balaban J connectivity index is 2.15. The highest BCUT2D eigenvalue weighted by Gasteiger charge is 2.18. The second-order valence-corrected chi connectivity index (χ2v) is 5.71. The molecule has 0 aliphatic heterocycles. The summed E-state index contributed by atoms with van der Waals surface area (Å²) in [5.74, 6) is 0.561. The van der Waals surface area contributed by atoms with E-state index in [1.54, 1.807) is 24.4 Å². The number of hydrogen-bond acceptors (Lipinski definition) is 4. The van der Waals surface area contributed by atoms with Crippen LogP contribution in [0, 0.1) is 0 Å². The molecule has 0 fully saturated rings. The van der Waals surface area contributed by atoms with Gasteiger partial charge >= 0.3 is 0 Å². The predicted molar refractivity (Wildman–Crippen MR) is 71.7 cm³/mol. The van der Waals surface area contributed by atoms with Crippen molar-refractivity contribution in [2.24, 2.45) is 0 Å². The van der Waals surface area contributed by atoms with Gasteiger partial charge in [-0.2, -0.15) is 17.4 Å². The van der Waals surface area contributed by atoms with Gasteiger partial charge in [-0.3, -0.25) is 4.40 Å². The van der Waals surface area contributed by atoms with Crippen LogP contribution in [0.2, 0.25) is 0 Å². The third-order valence-electron chi connectivity index (χ3n) is 2.84. The molecule has 19 heavy (non-hydrogen) atoms. The van der Waals surface area contributed by atoms with Crippen molar-refractivity contribution in [2.75, 3.05) is 13.1 Å². The van der Waals surface area contributed by atoms with E-state index in [4.69, 9.17) is 0 Å². The molecule has 0 amide bonds. The van der Waals surface area contributed by atoms with Gasteiger partial charge in [-0.05, 0) is 12.1 Å². The van der Waals surface area contributed by atoms with Gasteiger partial charge < -0.3 is 0 Å². The third kappa shape index (κ3) is 2.91. The molecule has 0 aliphatic carbocycles. The van der Waals surface area contributed by atoms with Gasteiger partial charge in [0.1, 0.15) is 0 Å². The summed E-state index contributed by atoms with van der Waals surface area (Å²) in [5, 5.41) is 7.95. The second kappa shape index (κ2) is 5.64. The first-order valence-corrected chi connectivity index (χ1v) is 7.56. The van der Waals surface area contributed by atoms with Gasteiger partial charge in [0.2, 0.25) is 0 Å². The third-order valence-corrected chi connectivity index (χ3v) is 4.55. The number of fused-ring (bicyclic) bond motifs is 1. The van der Waals surface area contributed by atoms with Crippen LogP contribution < -0.4 is 4.72 Å². The molecule has 2 heterocycles. The Labute approximate surface area is 112 Å². The number of pyridine rings is 1. The minimum Gasteiger partial charge on any atom is -0.285 e. The SMILES string of the molecule is CCN(CC)S(=O)(=O)NCc1nnc2ccccn12. The Bertz CT molecular complexity index is 648. The fraction of sp³-hybridized carbons (Fsp3) is 0.455. The summed E-state index contributed by atoms with van der Waals surface area (Å²) in [5.41, 5.74) is 0.694. The van der Waals surface area contributed by atoms with Crippen LogP contribution in [-0.2, 0) is 16.8 Å². The molecule has 7 nitrogen and oxygen atoms in total. The van der Waals surface area contributed by atoms with Crippen molar-refractivity contribution in [3.05, 3.63) is 30.2 Å². The maximum atomic E-state index is 12.0. The van der Waals surface area contributed by atoms with E-state index in [1.807, 2.05) is 18.2 Å². The molecule has 0 saturated carbocycles. The van der Waals surface area contributed by atoms with E-state index in [0.29, 0.717) is 24.6 Å². The van der Waals surface area contributed by atoms with Crippen molar-refractivity contribution in [1.29, 1.82) is 0 Å². The molecule has 0 saturated heterocycles. The number of nitrogens with zero attached hydrogens (tertiary/aromatic N) is 4. The first-order chi connectivity index (χ1) is 9.08. The topological polar surface area (TPSA) is 79.6 Å². The molecule has 1 N–H and O–H groups in total. The van der Waals surface area contributed by atoms with Gasteiger partial charge in [-0.1, -0.05) is 19.9 Å². The molecule has 0 aromatic carbocycles. The average molecular weight is 283 g/mol. The Morgan fingerprint density at radius 3 is 2.68 bits per heavy atom. The van der Waals surface area contributed by atoms with Gasteiger partial charge in [-0.25, -0.2) is 0 Å². The minimum absolute atomic E-state index is 0.115. The molecule has 0 spiro atoms. The summed E-state index contributed by atoms with van der Waals surface area (Å²) in [6, 6.07) is 5.52. The standard InChI is InChI=1S/C11H17N5O2S/c1-3-15(4-2)19(17,18)12-9-11-14-13-10-7-5-6-8-16(10)11/h5-8,12H,3-4,9H2,1-2H3. The minimum atomic E-state index is -3.47. The molecular formula is C11H17N5O2S. The van der Waals surface area contributed by atoms with Crippen LogP contribution in [0.1, 0.15) is 19.7 Å². The fourth-order valence-corrected chi connectivity index (χ4v) is 3.00. The molecule has 0 radical (unpaired) electrons. The zero-order chi connectivity index (χ0) is 13.9. The molecule has 0 atom stereocenters. The van der Waals surface area contributed by atoms with E-state index in [-0.39, 0.29) is 6.54 Å². The Hall–Kier alpha value is -1.51. The van der Waals surface area contributed by atoms with Gasteiger partial charge in [0.15, 0.2) is 11.5 Å². The molecule has 0 bridgehead atoms. The highest BCUT2D eigenvalue weighted by Crippen LogP contribution is 2.04. The van der Waals surface area contributed by atoms with E-state index in [1.165, 1.54) is 4.31 Å². The highest BCUT2D eigenvalue weighted by molar-refractivity contribution is 7.87. The summed E-state index contributed by atoms with van der Waals surface area (Å²) in [7, 11) is -3.47. The van der Waals surface area contributed by atoms with Crippen LogP contribution in [0.3, 0.4) is 0 Å². The molecule has 0 aliphatic rings. The smallest absolute Gasteiger partial charge is 0.279 e. The van der Waals surface area contributed by atoms with E-state index >= 15 is 0 Å². The Morgan fingerprint density at radius 1 is 1.26 bits per heavy atom. The molecule has 2 aromatic rings. The summed E-state index contributed by atoms with van der Waals surface area (Å²) < 4.78 is 29.6. The first kappa shape index (κ1) is 13.9. The molecule has 2 aromatic heterocycles. The van der Waals surface area contributed by atoms with Crippen LogP contribution in [0.15, 0.2) is 24.4 Å². The zero-order valence-corrected chi connectivity index (χ0v) is 11.8. The number of nitrogens with one attached hydrogen (secondary N) is 1. The van der Waals surface area contributed by atoms with Crippen molar-refractivity contribution in [1.82, 2.24) is 23.6 Å². The van der Waals surface area contributed by atoms with Crippen LogP contribution in [-0.4, -0.2) is 40.4 Å². The number of hydrogen-bond donors (Lipinski definition) is 1. The normalized spacial score (nSPS) is 12.4. The van der Waals surface area contributed by atoms with Gasteiger partial charge in [0.25, 0.3) is 10.2 Å². The molecular weight excluding hydrogens is 266 g/mol. The van der Waals surface area contributed by atoms with Crippen LogP contribution in [0.4, 0.5) is 0 Å². The predicted octanol–water partition coefficient (Wildman–Crippen LogP) is 0.405. The second-order valence-electron chi connectivity index (χ2n) is 3.96. The van der Waals surface area contributed by atoms with Crippen molar-refractivity contribution in [3.63, 3.8) is 0 Å². The molecule has 8 heteroatoms. The quantitative estimate of drug-likeness (QED) is 0.832. The van der Waals surface area contributed by atoms with Crippen LogP contribution in [0.5, 0.6) is 0 Å². The van der Waals surface area contributed by atoms with E-state index in [9.17, 15) is 8.42 Å². The van der Waals surface area contributed by atoms with Gasteiger partial charge in [-0.15, -0.1) is 10.2 Å². The lowest BCUT2D eigenvalue weighted by Gasteiger charge is -2.18. The van der Waals surface area contributed by atoms with Crippen molar-refractivity contribution in [3.8, 4) is 0 Å². The fourth-order valence-electron chi connectivity index (χ4n) is 1.82. The molecule has 2 rings (SSSR count). The highest BCUT2D eigenvalue weighted by atomic mass is 32.2. The summed E-state index contributed by atoms with van der Waals surface area (Å²) in [6.45, 7) is 4.59. The lowest BCUT2D eigenvalue weighted by atomic mass is 10.5. The number of rotatable bonds is 6. The van der Waals surface area contributed by atoms with Crippen LogP contribution in [0.25, 0.3) is 5.65 Å². The summed E-state index contributed by atoms with van der Waals surface area (Å²) in [4.78, 5) is 0. The van der Waals surface area contributed by atoms with Crippen molar-refractivity contribution >= 4 is 15.9 Å². The maximum Gasteiger partial charge on any atom is 0.279 e. The van der Waals surface area contributed by atoms with Gasteiger partial charge in [0, 0.05) is 19.3 Å². The van der Waals surface area contributed by atoms with Crippen LogP contribution >= 0.6 is 0 Å². The summed E-state index contributed by atoms with van der Waals surface area (Å²) in [6.07, 6.45) is 1.80. The zero-order valence-electron chi connectivity index (χ0n) is 10.9. The molecule has 0 unspecified atom stereocenters. The lowest BCUT2D eigenvalue weighted by Crippen LogP contribution is -2.40. The molecule has 104 valence electrons. The van der Waals surface area contributed by atoms with E-state index in [0.717, 1.165) is 0 Å². The Morgan fingerprint density at radius 2 is 2.00 bits per heavy atom. The van der Waals surface area contributed by atoms with E-state index < -0.39 is 10.2 Å². The van der Waals surface area contributed by atoms with E-state index in [2.05, 4.69) is 14.9 Å². The average Bonchev–Trinajstić information content (AvgIpc) is 2.81. The Kier molecular flexibility index (Phi) is 4.13. The monoisotopic (exact) mass is 283 g/mol. The van der Waals surface area contributed by atoms with Crippen molar-refractivity contribution < 1.29 is 8.42 Å². The van der Waals surface area contributed by atoms with Gasteiger partial charge in [0.05, 0.1) is 6.54 Å². The summed E-state index contributed by atoms with van der Waals surface area (Å²) >= 11 is 0. The van der Waals surface area contributed by atoms with Crippen molar-refractivity contribution in [2.45, 2.75) is 20.4 Å². The largest absolute Gasteiger partial charge is 0.285 e.